The van der Waals surface area contributed by atoms with E-state index in [1.165, 1.54) is 21.9 Å². The van der Waals surface area contributed by atoms with E-state index in [1.807, 2.05) is 18.2 Å². The summed E-state index contributed by atoms with van der Waals surface area (Å²) in [5.74, 6) is 0.889. The molecule has 0 unspecified atom stereocenters. The lowest BCUT2D eigenvalue weighted by atomic mass is 9.98. The van der Waals surface area contributed by atoms with E-state index in [4.69, 9.17) is 4.42 Å². The van der Waals surface area contributed by atoms with Crippen LogP contribution in [0.3, 0.4) is 0 Å². The van der Waals surface area contributed by atoms with Gasteiger partial charge >= 0.3 is 0 Å². The van der Waals surface area contributed by atoms with E-state index in [0.717, 1.165) is 39.4 Å². The summed E-state index contributed by atoms with van der Waals surface area (Å²) in [4.78, 5) is 2.30. The molecule has 0 amide bonds. The average molecular weight is 488 g/mol. The van der Waals surface area contributed by atoms with E-state index in [2.05, 4.69) is 138 Å². The van der Waals surface area contributed by atoms with Gasteiger partial charge in [0.05, 0.1) is 0 Å². The molecule has 0 saturated heterocycles. The SMILES string of the molecule is c1ccc(N(c2ccccc2)c2ccc3cc(-c4cccc(-c5cc6ccccc6o5)c4)ccc3c2)cc1. The summed E-state index contributed by atoms with van der Waals surface area (Å²) in [6.07, 6.45) is 0. The van der Waals surface area contributed by atoms with Crippen LogP contribution in [0.2, 0.25) is 0 Å². The van der Waals surface area contributed by atoms with Gasteiger partial charge in [0.2, 0.25) is 0 Å². The molecule has 2 nitrogen and oxygen atoms in total. The molecule has 0 aliphatic rings. The molecule has 0 atom stereocenters. The minimum absolute atomic E-state index is 0.889. The molecule has 180 valence electrons. The van der Waals surface area contributed by atoms with E-state index >= 15 is 0 Å². The van der Waals surface area contributed by atoms with Crippen molar-refractivity contribution in [2.75, 3.05) is 4.90 Å². The van der Waals surface area contributed by atoms with Gasteiger partial charge < -0.3 is 9.32 Å². The van der Waals surface area contributed by atoms with Gasteiger partial charge in [0, 0.05) is 28.0 Å². The second kappa shape index (κ2) is 9.42. The van der Waals surface area contributed by atoms with Crippen LogP contribution in [0.5, 0.6) is 0 Å². The summed E-state index contributed by atoms with van der Waals surface area (Å²) in [7, 11) is 0. The van der Waals surface area contributed by atoms with Gasteiger partial charge in [-0.2, -0.15) is 0 Å². The Morgan fingerprint density at radius 2 is 1.00 bits per heavy atom. The third-order valence-electron chi connectivity index (χ3n) is 7.02. The maximum atomic E-state index is 6.12. The highest BCUT2D eigenvalue weighted by Crippen LogP contribution is 2.37. The first-order valence-electron chi connectivity index (χ1n) is 12.9. The Morgan fingerprint density at radius 3 is 1.76 bits per heavy atom. The lowest BCUT2D eigenvalue weighted by Gasteiger charge is -2.25. The minimum atomic E-state index is 0.889. The zero-order chi connectivity index (χ0) is 25.3. The Bertz CT molecular complexity index is 1800. The highest BCUT2D eigenvalue weighted by Gasteiger charge is 2.13. The van der Waals surface area contributed by atoms with Crippen molar-refractivity contribution in [1.29, 1.82) is 0 Å². The number of furan rings is 1. The quantitative estimate of drug-likeness (QED) is 0.240. The maximum Gasteiger partial charge on any atom is 0.135 e. The number of fused-ring (bicyclic) bond motifs is 2. The van der Waals surface area contributed by atoms with Crippen LogP contribution in [0.25, 0.3) is 44.2 Å². The maximum absolute atomic E-state index is 6.12. The van der Waals surface area contributed by atoms with Crippen molar-refractivity contribution in [2.24, 2.45) is 0 Å². The summed E-state index contributed by atoms with van der Waals surface area (Å²) >= 11 is 0. The molecule has 0 bridgehead atoms. The van der Waals surface area contributed by atoms with Crippen LogP contribution in [-0.4, -0.2) is 0 Å². The first-order valence-corrected chi connectivity index (χ1v) is 12.9. The number of hydrogen-bond donors (Lipinski definition) is 0. The van der Waals surface area contributed by atoms with Gasteiger partial charge in [-0.15, -0.1) is 0 Å². The monoisotopic (exact) mass is 487 g/mol. The van der Waals surface area contributed by atoms with E-state index in [9.17, 15) is 0 Å². The fourth-order valence-corrected chi connectivity index (χ4v) is 5.13. The fraction of sp³-hybridized carbons (Fsp3) is 0. The zero-order valence-electron chi connectivity index (χ0n) is 20.8. The largest absolute Gasteiger partial charge is 0.456 e. The number of para-hydroxylation sites is 3. The van der Waals surface area contributed by atoms with Gasteiger partial charge in [0.15, 0.2) is 0 Å². The summed E-state index contributed by atoms with van der Waals surface area (Å²) in [5, 5.41) is 3.53. The van der Waals surface area contributed by atoms with Crippen LogP contribution in [0.1, 0.15) is 0 Å². The minimum Gasteiger partial charge on any atom is -0.456 e. The highest BCUT2D eigenvalue weighted by atomic mass is 16.3. The molecule has 1 aromatic heterocycles. The summed E-state index contributed by atoms with van der Waals surface area (Å²) in [6, 6.07) is 53.2. The van der Waals surface area contributed by atoms with Gasteiger partial charge in [0.1, 0.15) is 11.3 Å². The predicted octanol–water partition coefficient (Wildman–Crippen LogP) is 10.4. The molecule has 0 aliphatic heterocycles. The summed E-state index contributed by atoms with van der Waals surface area (Å²) < 4.78 is 6.12. The third kappa shape index (κ3) is 4.12. The first-order chi connectivity index (χ1) is 18.8. The lowest BCUT2D eigenvalue weighted by molar-refractivity contribution is 0.631. The average Bonchev–Trinajstić information content (AvgIpc) is 3.43. The summed E-state index contributed by atoms with van der Waals surface area (Å²) in [6.45, 7) is 0. The molecule has 0 N–H and O–H groups in total. The first kappa shape index (κ1) is 22.1. The van der Waals surface area contributed by atoms with Crippen molar-refractivity contribution in [2.45, 2.75) is 0 Å². The molecule has 2 heteroatoms. The topological polar surface area (TPSA) is 16.4 Å². The molecule has 0 fully saturated rings. The molecule has 38 heavy (non-hydrogen) atoms. The van der Waals surface area contributed by atoms with Crippen LogP contribution >= 0.6 is 0 Å². The Morgan fingerprint density at radius 1 is 0.368 bits per heavy atom. The number of rotatable bonds is 5. The van der Waals surface area contributed by atoms with Crippen molar-refractivity contribution in [3.05, 3.63) is 152 Å². The highest BCUT2D eigenvalue weighted by molar-refractivity contribution is 5.92. The number of hydrogen-bond acceptors (Lipinski definition) is 2. The fourth-order valence-electron chi connectivity index (χ4n) is 5.13. The Labute approximate surface area is 222 Å². The Kier molecular flexibility index (Phi) is 5.49. The van der Waals surface area contributed by atoms with Gasteiger partial charge in [-0.05, 0) is 82.6 Å². The van der Waals surface area contributed by atoms with Gasteiger partial charge in [-0.3, -0.25) is 0 Å². The molecule has 0 spiro atoms. The molecule has 0 saturated carbocycles. The van der Waals surface area contributed by atoms with Crippen molar-refractivity contribution in [3.8, 4) is 22.5 Å². The molecule has 1 heterocycles. The van der Waals surface area contributed by atoms with Crippen molar-refractivity contribution >= 4 is 38.8 Å². The van der Waals surface area contributed by atoms with Crippen LogP contribution in [-0.2, 0) is 0 Å². The molecular weight excluding hydrogens is 462 g/mol. The second-order valence-electron chi connectivity index (χ2n) is 9.48. The van der Waals surface area contributed by atoms with Crippen molar-refractivity contribution in [3.63, 3.8) is 0 Å². The summed E-state index contributed by atoms with van der Waals surface area (Å²) in [5.41, 5.74) is 7.75. The van der Waals surface area contributed by atoms with Crippen LogP contribution < -0.4 is 4.90 Å². The molecular formula is C36H25NO. The molecule has 6 aromatic carbocycles. The normalized spacial score (nSPS) is 11.2. The van der Waals surface area contributed by atoms with Crippen LogP contribution in [0.15, 0.2) is 156 Å². The van der Waals surface area contributed by atoms with Crippen molar-refractivity contribution < 1.29 is 4.42 Å². The third-order valence-corrected chi connectivity index (χ3v) is 7.02. The zero-order valence-corrected chi connectivity index (χ0v) is 20.8. The van der Waals surface area contributed by atoms with Crippen LogP contribution in [0, 0.1) is 0 Å². The van der Waals surface area contributed by atoms with Gasteiger partial charge in [0.25, 0.3) is 0 Å². The van der Waals surface area contributed by atoms with Crippen molar-refractivity contribution in [1.82, 2.24) is 0 Å². The Balaban J connectivity index is 1.26. The smallest absolute Gasteiger partial charge is 0.135 e. The predicted molar refractivity (Wildman–Crippen MR) is 159 cm³/mol. The van der Waals surface area contributed by atoms with Gasteiger partial charge in [-0.25, -0.2) is 0 Å². The number of nitrogens with zero attached hydrogens (tertiary/aromatic N) is 1. The molecule has 0 radical (unpaired) electrons. The van der Waals surface area contributed by atoms with E-state index in [-0.39, 0.29) is 0 Å². The van der Waals surface area contributed by atoms with E-state index in [0.29, 0.717) is 0 Å². The van der Waals surface area contributed by atoms with E-state index < -0.39 is 0 Å². The van der Waals surface area contributed by atoms with Gasteiger partial charge in [-0.1, -0.05) is 91.0 Å². The molecule has 7 aromatic rings. The Hall–Kier alpha value is -5.08. The number of benzene rings is 6. The molecule has 7 rings (SSSR count). The standard InChI is InChI=1S/C36H25NO/c1-3-13-32(14-4-1)37(33-15-5-2-6-16-33)34-21-20-28-22-27(18-19-29(28)24-34)26-11-9-12-30(23-26)36-25-31-10-7-8-17-35(31)38-36/h1-25H. The number of anilines is 3. The van der Waals surface area contributed by atoms with E-state index in [1.54, 1.807) is 0 Å². The lowest BCUT2D eigenvalue weighted by Crippen LogP contribution is -2.09. The van der Waals surface area contributed by atoms with Crippen LogP contribution in [0.4, 0.5) is 17.1 Å². The second-order valence-corrected chi connectivity index (χ2v) is 9.48. The molecule has 0 aliphatic carbocycles.